The monoisotopic (exact) mass is 324 g/mol. The molecule has 0 atom stereocenters. The molecule has 0 amide bonds. The van der Waals surface area contributed by atoms with Crippen LogP contribution >= 0.6 is 27.3 Å². The van der Waals surface area contributed by atoms with Gasteiger partial charge in [0, 0.05) is 16.0 Å². The van der Waals surface area contributed by atoms with E-state index in [0.717, 1.165) is 25.5 Å². The second-order valence-corrected chi connectivity index (χ2v) is 6.67. The first kappa shape index (κ1) is 13.3. The first-order valence-electron chi connectivity index (χ1n) is 5.48. The van der Waals surface area contributed by atoms with Crippen LogP contribution in [0.3, 0.4) is 0 Å². The van der Waals surface area contributed by atoms with Gasteiger partial charge in [-0.15, -0.1) is 11.3 Å². The first-order valence-corrected chi connectivity index (χ1v) is 7.09. The third-order valence-corrected chi connectivity index (χ3v) is 4.36. The molecular formula is C14H13BrO2S. The fourth-order valence-corrected chi connectivity index (χ4v) is 3.48. The Morgan fingerprint density at radius 1 is 1.28 bits per heavy atom. The van der Waals surface area contributed by atoms with Crippen LogP contribution in [0.2, 0.25) is 0 Å². The highest BCUT2D eigenvalue weighted by Gasteiger charge is 2.15. The lowest BCUT2D eigenvalue weighted by Gasteiger charge is -2.06. The van der Waals surface area contributed by atoms with Crippen molar-refractivity contribution in [1.29, 1.82) is 0 Å². The van der Waals surface area contributed by atoms with Crippen molar-refractivity contribution in [2.24, 2.45) is 0 Å². The Hall–Kier alpha value is -1.13. The van der Waals surface area contributed by atoms with Gasteiger partial charge in [0.05, 0.1) is 10.9 Å². The minimum Gasteiger partial charge on any atom is -0.496 e. The van der Waals surface area contributed by atoms with E-state index >= 15 is 0 Å². The lowest BCUT2D eigenvalue weighted by molar-refractivity contribution is 0.103. The maximum absolute atomic E-state index is 12.4. The maximum atomic E-state index is 12.4. The quantitative estimate of drug-likeness (QED) is 0.784. The van der Waals surface area contributed by atoms with E-state index in [0.29, 0.717) is 5.56 Å². The average Bonchev–Trinajstić information content (AvgIpc) is 2.68. The highest BCUT2D eigenvalue weighted by molar-refractivity contribution is 9.11. The number of halogens is 1. The van der Waals surface area contributed by atoms with Crippen LogP contribution in [0, 0.1) is 13.8 Å². The molecule has 0 N–H and O–H groups in total. The smallest absolute Gasteiger partial charge is 0.194 e. The van der Waals surface area contributed by atoms with E-state index in [2.05, 4.69) is 15.9 Å². The Labute approximate surface area is 119 Å². The SMILES string of the molecule is COc1cc(C(=O)c2cc(Br)sc2C)ccc1C. The molecule has 18 heavy (non-hydrogen) atoms. The van der Waals surface area contributed by atoms with Crippen LogP contribution in [0.1, 0.15) is 26.4 Å². The van der Waals surface area contributed by atoms with Crippen LogP contribution in [-0.4, -0.2) is 12.9 Å². The van der Waals surface area contributed by atoms with Gasteiger partial charge < -0.3 is 4.74 Å². The molecule has 2 nitrogen and oxygen atoms in total. The molecule has 2 rings (SSSR count). The Morgan fingerprint density at radius 2 is 2.00 bits per heavy atom. The average molecular weight is 325 g/mol. The minimum absolute atomic E-state index is 0.0350. The molecule has 0 bridgehead atoms. The molecule has 0 fully saturated rings. The number of aryl methyl sites for hydroxylation is 2. The van der Waals surface area contributed by atoms with Crippen LogP contribution in [-0.2, 0) is 0 Å². The summed E-state index contributed by atoms with van der Waals surface area (Å²) in [6, 6.07) is 7.41. The first-order chi connectivity index (χ1) is 8.52. The number of carbonyl (C=O) groups excluding carboxylic acids is 1. The molecule has 0 spiro atoms. The molecule has 0 saturated carbocycles. The van der Waals surface area contributed by atoms with Gasteiger partial charge in [0.2, 0.25) is 0 Å². The number of hydrogen-bond donors (Lipinski definition) is 0. The minimum atomic E-state index is 0.0350. The van der Waals surface area contributed by atoms with E-state index < -0.39 is 0 Å². The molecule has 0 aliphatic carbocycles. The number of ether oxygens (including phenoxy) is 1. The normalized spacial score (nSPS) is 10.4. The molecule has 1 aromatic carbocycles. The molecule has 0 unspecified atom stereocenters. The van der Waals surface area contributed by atoms with Gasteiger partial charge in [-0.1, -0.05) is 12.1 Å². The summed E-state index contributed by atoms with van der Waals surface area (Å²) < 4.78 is 6.22. The van der Waals surface area contributed by atoms with E-state index in [4.69, 9.17) is 4.74 Å². The molecular weight excluding hydrogens is 312 g/mol. The van der Waals surface area contributed by atoms with Gasteiger partial charge in [0.25, 0.3) is 0 Å². The van der Waals surface area contributed by atoms with Gasteiger partial charge in [-0.05, 0) is 47.5 Å². The Balaban J connectivity index is 2.43. The van der Waals surface area contributed by atoms with Crippen molar-refractivity contribution in [1.82, 2.24) is 0 Å². The van der Waals surface area contributed by atoms with E-state index in [1.54, 1.807) is 24.5 Å². The van der Waals surface area contributed by atoms with Gasteiger partial charge >= 0.3 is 0 Å². The number of rotatable bonds is 3. The molecule has 94 valence electrons. The predicted molar refractivity (Wildman–Crippen MR) is 77.9 cm³/mol. The molecule has 2 aromatic rings. The molecule has 0 radical (unpaired) electrons. The summed E-state index contributed by atoms with van der Waals surface area (Å²) in [6.45, 7) is 3.91. The number of thiophene rings is 1. The Morgan fingerprint density at radius 3 is 2.56 bits per heavy atom. The van der Waals surface area contributed by atoms with Crippen LogP contribution in [0.5, 0.6) is 5.75 Å². The molecule has 4 heteroatoms. The van der Waals surface area contributed by atoms with Gasteiger partial charge in [-0.2, -0.15) is 0 Å². The van der Waals surface area contributed by atoms with Crippen molar-refractivity contribution in [3.05, 3.63) is 49.6 Å². The number of methoxy groups -OCH3 is 1. The molecule has 0 aliphatic heterocycles. The molecule has 1 heterocycles. The van der Waals surface area contributed by atoms with E-state index in [1.807, 2.05) is 32.0 Å². The lowest BCUT2D eigenvalue weighted by atomic mass is 10.0. The predicted octanol–water partition coefficient (Wildman–Crippen LogP) is 4.37. The highest BCUT2D eigenvalue weighted by Crippen LogP contribution is 2.29. The van der Waals surface area contributed by atoms with Crippen molar-refractivity contribution < 1.29 is 9.53 Å². The van der Waals surface area contributed by atoms with Crippen molar-refractivity contribution in [2.45, 2.75) is 13.8 Å². The van der Waals surface area contributed by atoms with Gasteiger partial charge in [-0.25, -0.2) is 0 Å². The van der Waals surface area contributed by atoms with Gasteiger partial charge in [0.1, 0.15) is 5.75 Å². The molecule has 0 saturated heterocycles. The van der Waals surface area contributed by atoms with E-state index in [1.165, 1.54) is 0 Å². The number of ketones is 1. The third-order valence-electron chi connectivity index (χ3n) is 2.80. The second kappa shape index (κ2) is 5.24. The second-order valence-electron chi connectivity index (χ2n) is 4.03. The fourth-order valence-electron chi connectivity index (χ4n) is 1.79. The zero-order valence-electron chi connectivity index (χ0n) is 10.4. The zero-order valence-corrected chi connectivity index (χ0v) is 12.8. The largest absolute Gasteiger partial charge is 0.496 e. The number of hydrogen-bond acceptors (Lipinski definition) is 3. The Kier molecular flexibility index (Phi) is 3.88. The summed E-state index contributed by atoms with van der Waals surface area (Å²) in [5.74, 6) is 0.778. The van der Waals surface area contributed by atoms with Crippen molar-refractivity contribution in [3.8, 4) is 5.75 Å². The zero-order chi connectivity index (χ0) is 13.3. The summed E-state index contributed by atoms with van der Waals surface area (Å²) in [7, 11) is 1.61. The third kappa shape index (κ3) is 2.49. The fraction of sp³-hybridized carbons (Fsp3) is 0.214. The van der Waals surface area contributed by atoms with Gasteiger partial charge in [0.15, 0.2) is 5.78 Å². The van der Waals surface area contributed by atoms with Gasteiger partial charge in [-0.3, -0.25) is 4.79 Å². The van der Waals surface area contributed by atoms with Crippen molar-refractivity contribution in [3.63, 3.8) is 0 Å². The number of carbonyl (C=O) groups is 1. The van der Waals surface area contributed by atoms with Crippen molar-refractivity contribution >= 4 is 33.0 Å². The summed E-state index contributed by atoms with van der Waals surface area (Å²) in [5.41, 5.74) is 2.43. The molecule has 1 aromatic heterocycles. The van der Waals surface area contributed by atoms with Crippen molar-refractivity contribution in [2.75, 3.05) is 7.11 Å². The van der Waals surface area contributed by atoms with Crippen LogP contribution < -0.4 is 4.74 Å². The summed E-state index contributed by atoms with van der Waals surface area (Å²) in [4.78, 5) is 13.4. The number of benzene rings is 1. The summed E-state index contributed by atoms with van der Waals surface area (Å²) in [6.07, 6.45) is 0. The van der Waals surface area contributed by atoms with E-state index in [9.17, 15) is 4.79 Å². The summed E-state index contributed by atoms with van der Waals surface area (Å²) >= 11 is 4.98. The summed E-state index contributed by atoms with van der Waals surface area (Å²) in [5, 5.41) is 0. The Bertz CT molecular complexity index is 602. The maximum Gasteiger partial charge on any atom is 0.194 e. The van der Waals surface area contributed by atoms with Crippen LogP contribution in [0.4, 0.5) is 0 Å². The molecule has 0 aliphatic rings. The lowest BCUT2D eigenvalue weighted by Crippen LogP contribution is -2.02. The van der Waals surface area contributed by atoms with Crippen LogP contribution in [0.25, 0.3) is 0 Å². The van der Waals surface area contributed by atoms with E-state index in [-0.39, 0.29) is 5.78 Å². The van der Waals surface area contributed by atoms with Crippen LogP contribution in [0.15, 0.2) is 28.1 Å². The topological polar surface area (TPSA) is 26.3 Å². The highest BCUT2D eigenvalue weighted by atomic mass is 79.9. The standard InChI is InChI=1S/C14H13BrO2S/c1-8-4-5-10(6-12(8)17-3)14(16)11-7-13(15)18-9(11)2/h4-7H,1-3H3.